The van der Waals surface area contributed by atoms with Crippen molar-refractivity contribution in [2.45, 2.75) is 18.9 Å². The zero-order valence-electron chi connectivity index (χ0n) is 21.3. The fourth-order valence-electron chi connectivity index (χ4n) is 5.37. The summed E-state index contributed by atoms with van der Waals surface area (Å²) in [5, 5.41) is 3.63. The van der Waals surface area contributed by atoms with Gasteiger partial charge in [-0.15, -0.1) is 0 Å². The molecule has 11 heteroatoms. The highest BCUT2D eigenvalue weighted by Crippen LogP contribution is 2.42. The van der Waals surface area contributed by atoms with Crippen molar-refractivity contribution in [3.63, 3.8) is 0 Å². The fourth-order valence-corrected chi connectivity index (χ4v) is 5.92. The largest absolute Gasteiger partial charge is 0.374 e. The van der Waals surface area contributed by atoms with Crippen LogP contribution in [0.25, 0.3) is 16.9 Å². The SMILES string of the molecule is CN1Cc2cc(Nc3ncc4c(F)cn(-c5cccc(N=S(C)(C)=O)n5)c4n3)cc3c2C(CCN3C)C1. The first-order valence-corrected chi connectivity index (χ1v) is 14.5. The van der Waals surface area contributed by atoms with Crippen molar-refractivity contribution in [3.05, 3.63) is 59.7 Å². The Balaban J connectivity index is 1.40. The minimum atomic E-state index is -2.39. The van der Waals surface area contributed by atoms with E-state index in [0.717, 1.165) is 31.7 Å². The molecule has 0 saturated heterocycles. The zero-order valence-corrected chi connectivity index (χ0v) is 22.1. The van der Waals surface area contributed by atoms with Crippen LogP contribution in [0.1, 0.15) is 23.5 Å². The lowest BCUT2D eigenvalue weighted by atomic mass is 9.83. The van der Waals surface area contributed by atoms with Gasteiger partial charge in [0.05, 0.1) is 5.39 Å². The van der Waals surface area contributed by atoms with Crippen molar-refractivity contribution in [1.82, 2.24) is 24.4 Å². The van der Waals surface area contributed by atoms with Crippen LogP contribution < -0.4 is 10.2 Å². The van der Waals surface area contributed by atoms with Crippen LogP contribution in [-0.4, -0.2) is 68.3 Å². The molecule has 1 atom stereocenters. The summed E-state index contributed by atoms with van der Waals surface area (Å²) >= 11 is 0. The molecule has 0 aliphatic carbocycles. The predicted octanol–water partition coefficient (Wildman–Crippen LogP) is 4.43. The Morgan fingerprint density at radius 3 is 2.84 bits per heavy atom. The third-order valence-corrected chi connectivity index (χ3v) is 7.51. The molecule has 2 aliphatic rings. The molecule has 6 rings (SSSR count). The maximum absolute atomic E-state index is 14.8. The summed E-state index contributed by atoms with van der Waals surface area (Å²) in [6, 6.07) is 9.48. The molecule has 0 bridgehead atoms. The number of nitrogens with zero attached hydrogens (tertiary/aromatic N) is 7. The second-order valence-corrected chi connectivity index (χ2v) is 12.7. The smallest absolute Gasteiger partial charge is 0.229 e. The number of aromatic nitrogens is 4. The number of rotatable bonds is 4. The van der Waals surface area contributed by atoms with Gasteiger partial charge in [0.15, 0.2) is 17.3 Å². The first-order valence-electron chi connectivity index (χ1n) is 12.2. The molecule has 0 spiro atoms. The summed E-state index contributed by atoms with van der Waals surface area (Å²) in [7, 11) is 1.91. The van der Waals surface area contributed by atoms with Gasteiger partial charge in [0.2, 0.25) is 5.95 Å². The van der Waals surface area contributed by atoms with Gasteiger partial charge < -0.3 is 15.1 Å². The second kappa shape index (κ2) is 8.77. The number of halogens is 1. The molecular formula is C26H29FN8OS. The molecule has 0 saturated carbocycles. The Bertz CT molecular complexity index is 1650. The maximum atomic E-state index is 14.8. The summed E-state index contributed by atoms with van der Waals surface area (Å²) in [6.07, 6.45) is 7.06. The van der Waals surface area contributed by atoms with Gasteiger partial charge >= 0.3 is 0 Å². The molecule has 37 heavy (non-hydrogen) atoms. The summed E-state index contributed by atoms with van der Waals surface area (Å²) in [5.74, 6) is 1.21. The highest BCUT2D eigenvalue weighted by Gasteiger charge is 2.31. The number of anilines is 3. The Kier molecular flexibility index (Phi) is 5.64. The lowest BCUT2D eigenvalue weighted by Gasteiger charge is -2.40. The van der Waals surface area contributed by atoms with E-state index in [2.05, 4.69) is 60.7 Å². The van der Waals surface area contributed by atoms with Crippen molar-refractivity contribution < 1.29 is 8.60 Å². The maximum Gasteiger partial charge on any atom is 0.229 e. The topological polar surface area (TPSA) is 91.5 Å². The van der Waals surface area contributed by atoms with Crippen molar-refractivity contribution in [2.75, 3.05) is 49.9 Å². The number of likely N-dealkylation sites (N-methyl/N-ethyl adjacent to an activating group) is 1. The van der Waals surface area contributed by atoms with E-state index in [9.17, 15) is 8.60 Å². The second-order valence-electron chi connectivity index (χ2n) is 10.2. The number of nitrogens with one attached hydrogen (secondary N) is 1. The highest BCUT2D eigenvalue weighted by atomic mass is 32.2. The molecule has 1 aromatic carbocycles. The number of pyridine rings is 1. The first-order chi connectivity index (χ1) is 17.6. The first kappa shape index (κ1) is 23.8. The van der Waals surface area contributed by atoms with Gasteiger partial charge in [0, 0.05) is 78.6 Å². The van der Waals surface area contributed by atoms with Gasteiger partial charge in [-0.3, -0.25) is 4.57 Å². The van der Waals surface area contributed by atoms with E-state index in [1.165, 1.54) is 29.2 Å². The molecule has 2 aliphatic heterocycles. The summed E-state index contributed by atoms with van der Waals surface area (Å²) in [4.78, 5) is 18.2. The Morgan fingerprint density at radius 2 is 2.03 bits per heavy atom. The lowest BCUT2D eigenvalue weighted by molar-refractivity contribution is 0.272. The number of benzene rings is 1. The van der Waals surface area contributed by atoms with Crippen molar-refractivity contribution in [1.29, 1.82) is 0 Å². The molecule has 1 N–H and O–H groups in total. The van der Waals surface area contributed by atoms with E-state index >= 15 is 0 Å². The number of hydrogen-bond donors (Lipinski definition) is 1. The van der Waals surface area contributed by atoms with Crippen LogP contribution in [0.3, 0.4) is 0 Å². The molecule has 9 nitrogen and oxygen atoms in total. The van der Waals surface area contributed by atoms with Gasteiger partial charge in [-0.2, -0.15) is 9.35 Å². The van der Waals surface area contributed by atoms with Gasteiger partial charge in [0.1, 0.15) is 5.82 Å². The van der Waals surface area contributed by atoms with Crippen molar-refractivity contribution in [2.24, 2.45) is 4.36 Å². The summed E-state index contributed by atoms with van der Waals surface area (Å²) < 4.78 is 32.7. The van der Waals surface area contributed by atoms with Gasteiger partial charge in [-0.1, -0.05) is 6.07 Å². The van der Waals surface area contributed by atoms with Crippen LogP contribution in [0.4, 0.5) is 27.5 Å². The van der Waals surface area contributed by atoms with E-state index in [-0.39, 0.29) is 5.39 Å². The molecule has 0 fully saturated rings. The molecule has 4 aromatic rings. The Morgan fingerprint density at radius 1 is 1.19 bits per heavy atom. The third-order valence-electron chi connectivity index (χ3n) is 6.88. The molecule has 5 heterocycles. The highest BCUT2D eigenvalue weighted by molar-refractivity contribution is 7.92. The minimum Gasteiger partial charge on any atom is -0.374 e. The van der Waals surface area contributed by atoms with Crippen molar-refractivity contribution >= 4 is 43.9 Å². The lowest BCUT2D eigenvalue weighted by Crippen LogP contribution is -2.37. The normalized spacial score (nSPS) is 17.6. The van der Waals surface area contributed by atoms with Crippen LogP contribution in [0, 0.1) is 5.82 Å². The molecule has 0 amide bonds. The molecular weight excluding hydrogens is 491 g/mol. The van der Waals surface area contributed by atoms with Gasteiger partial charge in [-0.05, 0) is 48.9 Å². The van der Waals surface area contributed by atoms with E-state index in [4.69, 9.17) is 0 Å². The van der Waals surface area contributed by atoms with E-state index in [0.29, 0.717) is 29.1 Å². The summed E-state index contributed by atoms with van der Waals surface area (Å²) in [6.45, 7) is 3.00. The number of hydrogen-bond acceptors (Lipinski definition) is 8. The molecule has 0 radical (unpaired) electrons. The van der Waals surface area contributed by atoms with E-state index in [1.807, 2.05) is 0 Å². The quantitative estimate of drug-likeness (QED) is 0.426. The van der Waals surface area contributed by atoms with Crippen LogP contribution in [0.2, 0.25) is 0 Å². The summed E-state index contributed by atoms with van der Waals surface area (Å²) in [5.41, 5.74) is 5.28. The zero-order chi connectivity index (χ0) is 25.9. The predicted molar refractivity (Wildman–Crippen MR) is 145 cm³/mol. The average molecular weight is 521 g/mol. The van der Waals surface area contributed by atoms with E-state index < -0.39 is 15.5 Å². The van der Waals surface area contributed by atoms with Crippen molar-refractivity contribution in [3.8, 4) is 5.82 Å². The van der Waals surface area contributed by atoms with Crippen LogP contribution >= 0.6 is 0 Å². The Labute approximate surface area is 215 Å². The average Bonchev–Trinajstić information content (AvgIpc) is 3.16. The van der Waals surface area contributed by atoms with Crippen LogP contribution in [-0.2, 0) is 16.3 Å². The van der Waals surface area contributed by atoms with Gasteiger partial charge in [-0.25, -0.2) is 18.6 Å². The van der Waals surface area contributed by atoms with Gasteiger partial charge in [0.25, 0.3) is 0 Å². The third kappa shape index (κ3) is 4.53. The minimum absolute atomic E-state index is 0.286. The van der Waals surface area contributed by atoms with Crippen LogP contribution in [0.15, 0.2) is 47.1 Å². The molecule has 192 valence electrons. The van der Waals surface area contributed by atoms with E-state index in [1.54, 1.807) is 35.3 Å². The number of fused-ring (bicyclic) bond motifs is 1. The van der Waals surface area contributed by atoms with Crippen LogP contribution in [0.5, 0.6) is 0 Å². The fraction of sp³-hybridized carbons (Fsp3) is 0.346. The standard InChI is InChI=1S/C26H29FN8OS/c1-33-13-16-8-9-34(2)21-11-18(10-17(14-33)24(16)21)29-26-28-12-19-20(27)15-35(25(19)31-26)23-7-5-6-22(30-23)32-37(3,4)36/h5-7,10-12,15-16H,8-9,13-14H2,1-4H3,(H,28,29,31). The molecule has 1 unspecified atom stereocenters. The monoisotopic (exact) mass is 520 g/mol. The molecule has 3 aromatic heterocycles. The Hall–Kier alpha value is -3.57.